The molecule has 4 nitrogen and oxygen atoms in total. The number of aliphatic hydroxyl groups is 2. The van der Waals surface area contributed by atoms with Crippen molar-refractivity contribution in [3.05, 3.63) is 0 Å². The van der Waals surface area contributed by atoms with E-state index in [4.69, 9.17) is 0 Å². The van der Waals surface area contributed by atoms with Crippen molar-refractivity contribution >= 4 is 0 Å². The molecule has 2 atom stereocenters. The van der Waals surface area contributed by atoms with E-state index in [-0.39, 0.29) is 12.2 Å². The van der Waals surface area contributed by atoms with Crippen molar-refractivity contribution in [2.75, 3.05) is 40.3 Å². The van der Waals surface area contributed by atoms with Gasteiger partial charge < -0.3 is 15.1 Å². The zero-order chi connectivity index (χ0) is 21.0. The number of aliphatic hydroxyl groups excluding tert-OH is 2. The molecule has 0 fully saturated rings. The van der Waals surface area contributed by atoms with Gasteiger partial charge in [-0.05, 0) is 53.9 Å². The molecule has 0 rings (SSSR count). The van der Waals surface area contributed by atoms with Crippen LogP contribution in [0.15, 0.2) is 0 Å². The molecule has 0 aromatic rings. The summed E-state index contributed by atoms with van der Waals surface area (Å²) < 4.78 is 0. The fourth-order valence-corrected chi connectivity index (χ4v) is 3.89. The van der Waals surface area contributed by atoms with Gasteiger partial charge in [-0.15, -0.1) is 0 Å². The van der Waals surface area contributed by atoms with Gasteiger partial charge in [0.15, 0.2) is 0 Å². The SMILES string of the molecule is CC(O)CN(CCCCCCCCCCCCCCCCN(C)C)CC(C)O. The monoisotopic (exact) mass is 400 g/mol. The molecular formula is C24H52N2O2. The third-order valence-corrected chi connectivity index (χ3v) is 5.37. The average molecular weight is 401 g/mol. The first-order valence-corrected chi connectivity index (χ1v) is 12.1. The Morgan fingerprint density at radius 2 is 0.786 bits per heavy atom. The summed E-state index contributed by atoms with van der Waals surface area (Å²) in [4.78, 5) is 4.47. The Morgan fingerprint density at radius 1 is 0.500 bits per heavy atom. The summed E-state index contributed by atoms with van der Waals surface area (Å²) in [7, 11) is 4.32. The summed E-state index contributed by atoms with van der Waals surface area (Å²) in [6.07, 6.45) is 18.6. The maximum atomic E-state index is 9.55. The van der Waals surface area contributed by atoms with Crippen LogP contribution in [0.1, 0.15) is 104 Å². The van der Waals surface area contributed by atoms with Crippen LogP contribution in [0, 0.1) is 0 Å². The summed E-state index contributed by atoms with van der Waals surface area (Å²) in [5.41, 5.74) is 0. The van der Waals surface area contributed by atoms with E-state index in [9.17, 15) is 10.2 Å². The topological polar surface area (TPSA) is 46.9 Å². The summed E-state index contributed by atoms with van der Waals surface area (Å²) in [5, 5.41) is 19.1. The largest absolute Gasteiger partial charge is 0.392 e. The summed E-state index contributed by atoms with van der Waals surface area (Å²) >= 11 is 0. The molecule has 0 saturated carbocycles. The second-order valence-corrected chi connectivity index (χ2v) is 9.21. The van der Waals surface area contributed by atoms with Crippen LogP contribution in [0.2, 0.25) is 0 Å². The van der Waals surface area contributed by atoms with Gasteiger partial charge >= 0.3 is 0 Å². The average Bonchev–Trinajstić information content (AvgIpc) is 2.59. The van der Waals surface area contributed by atoms with Gasteiger partial charge in [-0.1, -0.05) is 77.0 Å². The van der Waals surface area contributed by atoms with Crippen LogP contribution in [0.25, 0.3) is 0 Å². The Labute approximate surface area is 176 Å². The molecule has 28 heavy (non-hydrogen) atoms. The van der Waals surface area contributed by atoms with E-state index < -0.39 is 0 Å². The minimum absolute atomic E-state index is 0.318. The van der Waals surface area contributed by atoms with Gasteiger partial charge in [0, 0.05) is 13.1 Å². The number of nitrogens with zero attached hydrogens (tertiary/aromatic N) is 2. The Kier molecular flexibility index (Phi) is 20.0. The van der Waals surface area contributed by atoms with Crippen molar-refractivity contribution in [1.82, 2.24) is 9.80 Å². The Bertz CT molecular complexity index is 299. The molecule has 170 valence electrons. The highest BCUT2D eigenvalue weighted by Crippen LogP contribution is 2.13. The first-order valence-electron chi connectivity index (χ1n) is 12.1. The van der Waals surface area contributed by atoms with E-state index >= 15 is 0 Å². The van der Waals surface area contributed by atoms with Gasteiger partial charge in [0.05, 0.1) is 12.2 Å². The highest BCUT2D eigenvalue weighted by atomic mass is 16.3. The minimum Gasteiger partial charge on any atom is -0.392 e. The van der Waals surface area contributed by atoms with Crippen LogP contribution in [0.4, 0.5) is 0 Å². The maximum Gasteiger partial charge on any atom is 0.0639 e. The number of unbranched alkanes of at least 4 members (excludes halogenated alkanes) is 13. The molecule has 0 spiro atoms. The third-order valence-electron chi connectivity index (χ3n) is 5.37. The lowest BCUT2D eigenvalue weighted by atomic mass is 10.0. The normalized spacial score (nSPS) is 14.1. The molecule has 0 aliphatic rings. The highest BCUT2D eigenvalue weighted by Gasteiger charge is 2.10. The predicted molar refractivity (Wildman–Crippen MR) is 123 cm³/mol. The molecule has 0 aliphatic heterocycles. The first kappa shape index (κ1) is 27.8. The fraction of sp³-hybridized carbons (Fsp3) is 1.00. The first-order chi connectivity index (χ1) is 13.4. The third kappa shape index (κ3) is 22.1. The smallest absolute Gasteiger partial charge is 0.0639 e. The lowest BCUT2D eigenvalue weighted by Crippen LogP contribution is -2.36. The number of hydrogen-bond acceptors (Lipinski definition) is 4. The van der Waals surface area contributed by atoms with E-state index in [1.54, 1.807) is 0 Å². The molecule has 0 radical (unpaired) electrons. The molecular weight excluding hydrogens is 348 g/mol. The van der Waals surface area contributed by atoms with Crippen molar-refractivity contribution in [2.24, 2.45) is 0 Å². The van der Waals surface area contributed by atoms with Crippen LogP contribution in [0.5, 0.6) is 0 Å². The summed E-state index contributed by atoms with van der Waals surface area (Å²) in [6, 6.07) is 0. The molecule has 0 heterocycles. The second kappa shape index (κ2) is 20.1. The second-order valence-electron chi connectivity index (χ2n) is 9.21. The number of hydrogen-bond donors (Lipinski definition) is 2. The van der Waals surface area contributed by atoms with Crippen molar-refractivity contribution in [1.29, 1.82) is 0 Å². The molecule has 0 bridgehead atoms. The van der Waals surface area contributed by atoms with Gasteiger partial charge in [-0.2, -0.15) is 0 Å². The Morgan fingerprint density at radius 3 is 1.07 bits per heavy atom. The van der Waals surface area contributed by atoms with Crippen LogP contribution in [-0.4, -0.2) is 72.5 Å². The van der Waals surface area contributed by atoms with Crippen LogP contribution < -0.4 is 0 Å². The van der Waals surface area contributed by atoms with E-state index in [2.05, 4.69) is 23.9 Å². The number of rotatable bonds is 21. The Hall–Kier alpha value is -0.160. The van der Waals surface area contributed by atoms with Crippen LogP contribution in [-0.2, 0) is 0 Å². The van der Waals surface area contributed by atoms with Crippen molar-refractivity contribution in [3.8, 4) is 0 Å². The zero-order valence-corrected chi connectivity index (χ0v) is 19.7. The van der Waals surface area contributed by atoms with Gasteiger partial charge in [0.2, 0.25) is 0 Å². The van der Waals surface area contributed by atoms with E-state index in [0.29, 0.717) is 13.1 Å². The maximum absolute atomic E-state index is 9.55. The van der Waals surface area contributed by atoms with Gasteiger partial charge in [0.25, 0.3) is 0 Å². The van der Waals surface area contributed by atoms with Crippen molar-refractivity contribution in [2.45, 2.75) is 116 Å². The molecule has 2 N–H and O–H groups in total. The van der Waals surface area contributed by atoms with E-state index in [1.807, 2.05) is 13.8 Å². The lowest BCUT2D eigenvalue weighted by molar-refractivity contribution is 0.0825. The van der Waals surface area contributed by atoms with Crippen molar-refractivity contribution in [3.63, 3.8) is 0 Å². The lowest BCUT2D eigenvalue weighted by Gasteiger charge is -2.24. The summed E-state index contributed by atoms with van der Waals surface area (Å²) in [5.74, 6) is 0. The molecule has 0 aromatic heterocycles. The van der Waals surface area contributed by atoms with Crippen LogP contribution >= 0.6 is 0 Å². The zero-order valence-electron chi connectivity index (χ0n) is 19.7. The van der Waals surface area contributed by atoms with Crippen LogP contribution in [0.3, 0.4) is 0 Å². The van der Waals surface area contributed by atoms with E-state index in [1.165, 1.54) is 96.4 Å². The molecule has 0 saturated heterocycles. The minimum atomic E-state index is -0.318. The quantitative estimate of drug-likeness (QED) is 0.264. The van der Waals surface area contributed by atoms with Gasteiger partial charge in [0.1, 0.15) is 0 Å². The van der Waals surface area contributed by atoms with Crippen molar-refractivity contribution < 1.29 is 10.2 Å². The highest BCUT2D eigenvalue weighted by molar-refractivity contribution is 4.64. The van der Waals surface area contributed by atoms with E-state index in [0.717, 1.165) is 6.54 Å². The molecule has 2 unspecified atom stereocenters. The molecule has 4 heteroatoms. The standard InChI is InChI=1S/C24H52N2O2/c1-23(27)21-26(22-24(2)28)20-18-16-14-12-10-8-6-5-7-9-11-13-15-17-19-25(3)4/h23-24,27-28H,5-22H2,1-4H3. The fourth-order valence-electron chi connectivity index (χ4n) is 3.89. The molecule has 0 aliphatic carbocycles. The Balaban J connectivity index is 3.30. The van der Waals surface area contributed by atoms with Gasteiger partial charge in [-0.3, -0.25) is 4.90 Å². The van der Waals surface area contributed by atoms with Gasteiger partial charge in [-0.25, -0.2) is 0 Å². The predicted octanol–water partition coefficient (Wildman–Crippen LogP) is 5.07. The molecule has 0 amide bonds. The summed E-state index contributed by atoms with van der Waals surface area (Å²) in [6.45, 7) is 7.21. The molecule has 0 aromatic carbocycles.